The smallest absolute Gasteiger partial charge is 0.174 e. The number of rotatable bonds is 6. The van der Waals surface area contributed by atoms with E-state index in [-0.39, 0.29) is 0 Å². The van der Waals surface area contributed by atoms with Crippen molar-refractivity contribution >= 4 is 34.6 Å². The van der Waals surface area contributed by atoms with Crippen LogP contribution in [-0.2, 0) is 13.1 Å². The number of hydrogen-bond acceptors (Lipinski definition) is 3. The third-order valence-electron chi connectivity index (χ3n) is 4.03. The minimum Gasteiger partial charge on any atom is -0.496 e. The van der Waals surface area contributed by atoms with Crippen molar-refractivity contribution < 1.29 is 4.74 Å². The van der Waals surface area contributed by atoms with E-state index in [1.54, 1.807) is 13.3 Å². The van der Waals surface area contributed by atoms with Crippen molar-refractivity contribution in [3.63, 3.8) is 0 Å². The van der Waals surface area contributed by atoms with Crippen molar-refractivity contribution in [2.45, 2.75) is 13.1 Å². The minimum atomic E-state index is 0.609. The van der Waals surface area contributed by atoms with Crippen LogP contribution in [0.25, 0.3) is 0 Å². The normalized spacial score (nSPS) is 10.3. The lowest BCUT2D eigenvalue weighted by Crippen LogP contribution is -2.34. The van der Waals surface area contributed by atoms with Crippen LogP contribution < -0.4 is 10.1 Å². The monoisotopic (exact) mass is 397 g/mol. The number of hydrogen-bond donors (Lipinski definition) is 1. The zero-order valence-electron chi connectivity index (χ0n) is 14.9. The van der Waals surface area contributed by atoms with E-state index >= 15 is 0 Å². The molecule has 0 aliphatic carbocycles. The Morgan fingerprint density at radius 3 is 2.56 bits per heavy atom. The van der Waals surface area contributed by atoms with Crippen LogP contribution in [0.5, 0.6) is 5.75 Å². The number of halogens is 1. The molecule has 0 aliphatic rings. The standard InChI is InChI=1S/C21H20ClN3OS/c1-26-20-7-3-2-6-17(20)15-25(14-16-5-4-12-23-13-16)21(27)24-19-10-8-18(22)9-11-19/h2-13H,14-15H2,1H3,(H,24,27). The molecule has 0 aliphatic heterocycles. The Morgan fingerprint density at radius 2 is 1.85 bits per heavy atom. The molecule has 0 amide bonds. The van der Waals surface area contributed by atoms with Gasteiger partial charge in [0.25, 0.3) is 0 Å². The molecule has 0 bridgehead atoms. The lowest BCUT2D eigenvalue weighted by atomic mass is 10.1. The highest BCUT2D eigenvalue weighted by Crippen LogP contribution is 2.21. The third-order valence-corrected chi connectivity index (χ3v) is 4.64. The molecule has 2 aromatic carbocycles. The second-order valence-electron chi connectivity index (χ2n) is 5.97. The second-order valence-corrected chi connectivity index (χ2v) is 6.79. The van der Waals surface area contributed by atoms with Crippen molar-refractivity contribution in [3.05, 3.63) is 89.2 Å². The van der Waals surface area contributed by atoms with Gasteiger partial charge in [0.05, 0.1) is 7.11 Å². The lowest BCUT2D eigenvalue weighted by molar-refractivity contribution is 0.378. The van der Waals surface area contributed by atoms with Gasteiger partial charge in [0.15, 0.2) is 5.11 Å². The summed E-state index contributed by atoms with van der Waals surface area (Å²) in [5.41, 5.74) is 3.03. The number of anilines is 1. The molecule has 3 rings (SSSR count). The molecule has 1 aromatic heterocycles. The van der Waals surface area contributed by atoms with E-state index in [9.17, 15) is 0 Å². The fourth-order valence-corrected chi connectivity index (χ4v) is 3.06. The molecule has 0 saturated carbocycles. The fourth-order valence-electron chi connectivity index (χ4n) is 2.69. The van der Waals surface area contributed by atoms with Gasteiger partial charge in [-0.15, -0.1) is 0 Å². The molecule has 0 radical (unpaired) electrons. The Morgan fingerprint density at radius 1 is 1.07 bits per heavy atom. The van der Waals surface area contributed by atoms with Crippen molar-refractivity contribution in [2.75, 3.05) is 12.4 Å². The maximum absolute atomic E-state index is 5.97. The van der Waals surface area contributed by atoms with Gasteiger partial charge in [0.2, 0.25) is 0 Å². The molecule has 138 valence electrons. The second kappa shape index (κ2) is 9.35. The predicted octanol–water partition coefficient (Wildman–Crippen LogP) is 5.14. The van der Waals surface area contributed by atoms with Gasteiger partial charge in [-0.2, -0.15) is 0 Å². The summed E-state index contributed by atoms with van der Waals surface area (Å²) < 4.78 is 5.49. The Hall–Kier alpha value is -2.63. The molecule has 1 N–H and O–H groups in total. The summed E-state index contributed by atoms with van der Waals surface area (Å²) in [4.78, 5) is 6.28. The first-order valence-corrected chi connectivity index (χ1v) is 9.26. The Balaban J connectivity index is 1.82. The molecule has 0 atom stereocenters. The van der Waals surface area contributed by atoms with Gasteiger partial charge in [-0.3, -0.25) is 4.98 Å². The number of nitrogens with one attached hydrogen (secondary N) is 1. The van der Waals surface area contributed by atoms with Gasteiger partial charge in [-0.1, -0.05) is 35.9 Å². The van der Waals surface area contributed by atoms with Gasteiger partial charge in [0.1, 0.15) is 5.75 Å². The van der Waals surface area contributed by atoms with Crippen LogP contribution in [0.2, 0.25) is 5.02 Å². The molecular formula is C21H20ClN3OS. The van der Waals surface area contributed by atoms with Crippen molar-refractivity contribution in [2.24, 2.45) is 0 Å². The first-order chi connectivity index (χ1) is 13.2. The number of para-hydroxylation sites is 1. The van der Waals surface area contributed by atoms with E-state index in [4.69, 9.17) is 28.6 Å². The van der Waals surface area contributed by atoms with E-state index < -0.39 is 0 Å². The van der Waals surface area contributed by atoms with Crippen LogP contribution in [0, 0.1) is 0 Å². The quantitative estimate of drug-likeness (QED) is 0.582. The zero-order chi connectivity index (χ0) is 19.1. The van der Waals surface area contributed by atoms with Crippen LogP contribution >= 0.6 is 23.8 Å². The maximum atomic E-state index is 5.97. The summed E-state index contributed by atoms with van der Waals surface area (Å²) >= 11 is 11.7. The molecule has 6 heteroatoms. The highest BCUT2D eigenvalue weighted by atomic mass is 35.5. The summed E-state index contributed by atoms with van der Waals surface area (Å²) in [6, 6.07) is 19.4. The van der Waals surface area contributed by atoms with E-state index in [2.05, 4.69) is 15.2 Å². The third kappa shape index (κ3) is 5.42. The largest absolute Gasteiger partial charge is 0.496 e. The minimum absolute atomic E-state index is 0.609. The first-order valence-electron chi connectivity index (χ1n) is 8.48. The van der Waals surface area contributed by atoms with Gasteiger partial charge in [-0.05, 0) is 54.2 Å². The molecule has 0 fully saturated rings. The van der Waals surface area contributed by atoms with E-state index in [1.165, 1.54) is 0 Å². The SMILES string of the molecule is COc1ccccc1CN(Cc1cccnc1)C(=S)Nc1ccc(Cl)cc1. The summed E-state index contributed by atoms with van der Waals surface area (Å²) in [7, 11) is 1.68. The van der Waals surface area contributed by atoms with Crippen LogP contribution in [0.3, 0.4) is 0 Å². The first kappa shape index (κ1) is 19.1. The van der Waals surface area contributed by atoms with Crippen LogP contribution in [0.4, 0.5) is 5.69 Å². The van der Waals surface area contributed by atoms with Crippen LogP contribution in [0.1, 0.15) is 11.1 Å². The van der Waals surface area contributed by atoms with E-state index in [0.29, 0.717) is 23.2 Å². The van der Waals surface area contributed by atoms with Gasteiger partial charge < -0.3 is 15.0 Å². The molecule has 0 saturated heterocycles. The van der Waals surface area contributed by atoms with Gasteiger partial charge in [0, 0.05) is 41.8 Å². The number of nitrogens with zero attached hydrogens (tertiary/aromatic N) is 2. The zero-order valence-corrected chi connectivity index (χ0v) is 16.5. The van der Waals surface area contributed by atoms with Crippen LogP contribution in [-0.4, -0.2) is 22.1 Å². The molecule has 1 heterocycles. The van der Waals surface area contributed by atoms with Crippen molar-refractivity contribution in [1.29, 1.82) is 0 Å². The van der Waals surface area contributed by atoms with Gasteiger partial charge in [-0.25, -0.2) is 0 Å². The Kier molecular flexibility index (Phi) is 6.63. The summed E-state index contributed by atoms with van der Waals surface area (Å²) in [6.07, 6.45) is 3.61. The molecule has 4 nitrogen and oxygen atoms in total. The van der Waals surface area contributed by atoms with Crippen molar-refractivity contribution in [1.82, 2.24) is 9.88 Å². The van der Waals surface area contributed by atoms with E-state index in [0.717, 1.165) is 22.6 Å². The van der Waals surface area contributed by atoms with Crippen LogP contribution in [0.15, 0.2) is 73.1 Å². The van der Waals surface area contributed by atoms with E-state index in [1.807, 2.05) is 66.9 Å². The average Bonchev–Trinajstić information content (AvgIpc) is 2.70. The number of thiocarbonyl (C=S) groups is 1. The summed E-state index contributed by atoms with van der Waals surface area (Å²) in [6.45, 7) is 1.24. The van der Waals surface area contributed by atoms with Gasteiger partial charge >= 0.3 is 0 Å². The lowest BCUT2D eigenvalue weighted by Gasteiger charge is -2.27. The Bertz CT molecular complexity index is 887. The fraction of sp³-hybridized carbons (Fsp3) is 0.143. The number of aromatic nitrogens is 1. The maximum Gasteiger partial charge on any atom is 0.174 e. The molecular weight excluding hydrogens is 378 g/mol. The number of pyridine rings is 1. The van der Waals surface area contributed by atoms with Crippen molar-refractivity contribution in [3.8, 4) is 5.75 Å². The molecule has 3 aromatic rings. The molecule has 0 spiro atoms. The molecule has 0 unspecified atom stereocenters. The topological polar surface area (TPSA) is 37.4 Å². The summed E-state index contributed by atoms with van der Waals surface area (Å²) in [5.74, 6) is 0.836. The highest BCUT2D eigenvalue weighted by Gasteiger charge is 2.14. The number of methoxy groups -OCH3 is 1. The number of benzene rings is 2. The molecule has 27 heavy (non-hydrogen) atoms. The summed E-state index contributed by atoms with van der Waals surface area (Å²) in [5, 5.41) is 4.59. The number of ether oxygens (including phenoxy) is 1. The average molecular weight is 398 g/mol. The Labute approximate surface area is 169 Å². The highest BCUT2D eigenvalue weighted by molar-refractivity contribution is 7.80. The predicted molar refractivity (Wildman–Crippen MR) is 114 cm³/mol.